The fourth-order valence-corrected chi connectivity index (χ4v) is 4.97. The van der Waals surface area contributed by atoms with Gasteiger partial charge in [-0.25, -0.2) is 21.2 Å². The Morgan fingerprint density at radius 2 is 1.80 bits per heavy atom. The molecule has 0 atom stereocenters. The number of fused-ring (bicyclic) bond motifs is 1. The number of rotatable bonds is 4. The van der Waals surface area contributed by atoms with E-state index in [2.05, 4.69) is 4.72 Å². The van der Waals surface area contributed by atoms with E-state index in [-0.39, 0.29) is 5.69 Å². The van der Waals surface area contributed by atoms with Crippen LogP contribution in [0.3, 0.4) is 0 Å². The molecule has 134 valence electrons. The zero-order valence-electron chi connectivity index (χ0n) is 13.4. The highest BCUT2D eigenvalue weighted by atomic mass is 32.2. The van der Waals surface area contributed by atoms with Crippen molar-refractivity contribution in [2.45, 2.75) is 17.7 Å². The number of benzene rings is 2. The van der Waals surface area contributed by atoms with E-state index < -0.39 is 30.8 Å². The van der Waals surface area contributed by atoms with Gasteiger partial charge in [0.2, 0.25) is 10.0 Å². The molecule has 1 aliphatic heterocycles. The number of aryl methyl sites for hydroxylation is 1. The topological polar surface area (TPSA) is 83.6 Å². The number of nitrogens with one attached hydrogen (secondary N) is 1. The fourth-order valence-electron chi connectivity index (χ4n) is 2.84. The SMILES string of the molecule is CS(=O)(=O)N1CCCc2cc(NS(=O)(=O)c3ccccc3F)ccc21. The normalized spacial score (nSPS) is 14.9. The van der Waals surface area contributed by atoms with Crippen LogP contribution in [0, 0.1) is 5.82 Å². The summed E-state index contributed by atoms with van der Waals surface area (Å²) in [5.74, 6) is -0.837. The van der Waals surface area contributed by atoms with Gasteiger partial charge in [-0.3, -0.25) is 9.03 Å². The second-order valence-corrected chi connectivity index (χ2v) is 9.38. The molecule has 1 aliphatic rings. The van der Waals surface area contributed by atoms with E-state index in [9.17, 15) is 21.2 Å². The molecule has 6 nitrogen and oxygen atoms in total. The second-order valence-electron chi connectivity index (χ2n) is 5.82. The maximum Gasteiger partial charge on any atom is 0.264 e. The Bertz CT molecular complexity index is 1020. The summed E-state index contributed by atoms with van der Waals surface area (Å²) in [6, 6.07) is 9.73. The summed E-state index contributed by atoms with van der Waals surface area (Å²) in [4.78, 5) is -0.439. The van der Waals surface area contributed by atoms with Gasteiger partial charge in [0.1, 0.15) is 10.7 Å². The van der Waals surface area contributed by atoms with Crippen LogP contribution in [0.15, 0.2) is 47.4 Å². The van der Waals surface area contributed by atoms with Gasteiger partial charge in [-0.15, -0.1) is 0 Å². The lowest BCUT2D eigenvalue weighted by Crippen LogP contribution is -2.34. The quantitative estimate of drug-likeness (QED) is 0.877. The summed E-state index contributed by atoms with van der Waals surface area (Å²) in [6.45, 7) is 0.395. The molecule has 2 aromatic carbocycles. The maximum absolute atomic E-state index is 13.8. The van der Waals surface area contributed by atoms with Crippen molar-refractivity contribution in [3.8, 4) is 0 Å². The number of anilines is 2. The summed E-state index contributed by atoms with van der Waals surface area (Å²) >= 11 is 0. The molecular weight excluding hydrogens is 367 g/mol. The molecule has 0 fully saturated rings. The lowest BCUT2D eigenvalue weighted by Gasteiger charge is -2.29. The smallest absolute Gasteiger partial charge is 0.264 e. The number of hydrogen-bond acceptors (Lipinski definition) is 4. The minimum Gasteiger partial charge on any atom is -0.280 e. The molecule has 0 amide bonds. The highest BCUT2D eigenvalue weighted by Crippen LogP contribution is 2.32. The number of sulfonamides is 2. The average Bonchev–Trinajstić information content (AvgIpc) is 2.53. The summed E-state index contributed by atoms with van der Waals surface area (Å²) in [5, 5.41) is 0. The van der Waals surface area contributed by atoms with Crippen molar-refractivity contribution in [2.75, 3.05) is 21.8 Å². The molecule has 0 bridgehead atoms. The molecule has 2 aromatic rings. The van der Waals surface area contributed by atoms with Crippen LogP contribution < -0.4 is 9.03 Å². The fraction of sp³-hybridized carbons (Fsp3) is 0.250. The molecule has 0 spiro atoms. The van der Waals surface area contributed by atoms with Crippen molar-refractivity contribution in [3.05, 3.63) is 53.8 Å². The molecule has 0 aromatic heterocycles. The lowest BCUT2D eigenvalue weighted by molar-refractivity contribution is 0.570. The van der Waals surface area contributed by atoms with Crippen molar-refractivity contribution in [1.29, 1.82) is 0 Å². The van der Waals surface area contributed by atoms with E-state index in [1.165, 1.54) is 28.6 Å². The van der Waals surface area contributed by atoms with E-state index in [4.69, 9.17) is 0 Å². The van der Waals surface area contributed by atoms with E-state index in [0.29, 0.717) is 25.1 Å². The van der Waals surface area contributed by atoms with Gasteiger partial charge >= 0.3 is 0 Å². The molecule has 1 N–H and O–H groups in total. The van der Waals surface area contributed by atoms with Gasteiger partial charge in [0, 0.05) is 12.2 Å². The van der Waals surface area contributed by atoms with E-state index in [0.717, 1.165) is 17.9 Å². The molecular formula is C16H17FN2O4S2. The molecule has 0 saturated carbocycles. The largest absolute Gasteiger partial charge is 0.280 e. The number of halogens is 1. The van der Waals surface area contributed by atoms with E-state index >= 15 is 0 Å². The van der Waals surface area contributed by atoms with Gasteiger partial charge in [0.05, 0.1) is 11.9 Å². The number of nitrogens with zero attached hydrogens (tertiary/aromatic N) is 1. The van der Waals surface area contributed by atoms with Crippen LogP contribution in [0.25, 0.3) is 0 Å². The Hall–Kier alpha value is -2.13. The molecule has 0 unspecified atom stereocenters. The van der Waals surface area contributed by atoms with Gasteiger partial charge in [-0.1, -0.05) is 12.1 Å². The molecule has 0 radical (unpaired) electrons. The monoisotopic (exact) mass is 384 g/mol. The third-order valence-corrected chi connectivity index (χ3v) is 6.53. The van der Waals surface area contributed by atoms with Gasteiger partial charge in [-0.05, 0) is 48.7 Å². The third kappa shape index (κ3) is 3.62. The highest BCUT2D eigenvalue weighted by molar-refractivity contribution is 7.92. The molecule has 3 rings (SSSR count). The summed E-state index contributed by atoms with van der Waals surface area (Å²) in [5.41, 5.74) is 1.53. The first-order valence-electron chi connectivity index (χ1n) is 7.56. The van der Waals surface area contributed by atoms with Crippen molar-refractivity contribution >= 4 is 31.4 Å². The van der Waals surface area contributed by atoms with Gasteiger partial charge < -0.3 is 0 Å². The summed E-state index contributed by atoms with van der Waals surface area (Å²) < 4.78 is 65.8. The zero-order chi connectivity index (χ0) is 18.2. The Morgan fingerprint density at radius 3 is 2.48 bits per heavy atom. The van der Waals surface area contributed by atoms with Crippen molar-refractivity contribution in [2.24, 2.45) is 0 Å². The molecule has 1 heterocycles. The minimum atomic E-state index is -4.07. The lowest BCUT2D eigenvalue weighted by atomic mass is 10.0. The van der Waals surface area contributed by atoms with Crippen LogP contribution in [-0.2, 0) is 26.5 Å². The minimum absolute atomic E-state index is 0.261. The molecule has 0 aliphatic carbocycles. The third-order valence-electron chi connectivity index (χ3n) is 3.93. The second kappa shape index (κ2) is 6.30. The Morgan fingerprint density at radius 1 is 1.08 bits per heavy atom. The van der Waals surface area contributed by atoms with Crippen LogP contribution in [0.5, 0.6) is 0 Å². The van der Waals surface area contributed by atoms with Crippen LogP contribution in [0.4, 0.5) is 15.8 Å². The van der Waals surface area contributed by atoms with Crippen LogP contribution >= 0.6 is 0 Å². The molecule has 9 heteroatoms. The zero-order valence-corrected chi connectivity index (χ0v) is 15.1. The van der Waals surface area contributed by atoms with Gasteiger partial charge in [-0.2, -0.15) is 0 Å². The average molecular weight is 384 g/mol. The van der Waals surface area contributed by atoms with Crippen molar-refractivity contribution in [3.63, 3.8) is 0 Å². The number of hydrogen-bond donors (Lipinski definition) is 1. The van der Waals surface area contributed by atoms with E-state index in [1.54, 1.807) is 12.1 Å². The van der Waals surface area contributed by atoms with Crippen LogP contribution in [0.1, 0.15) is 12.0 Å². The molecule has 0 saturated heterocycles. The maximum atomic E-state index is 13.8. The molecule has 25 heavy (non-hydrogen) atoms. The first-order valence-corrected chi connectivity index (χ1v) is 10.9. The summed E-state index contributed by atoms with van der Waals surface area (Å²) in [6.07, 6.45) is 2.41. The first kappa shape index (κ1) is 17.7. The van der Waals surface area contributed by atoms with Gasteiger partial charge in [0.15, 0.2) is 0 Å². The van der Waals surface area contributed by atoms with Crippen LogP contribution in [-0.4, -0.2) is 29.6 Å². The Labute approximate surface area is 146 Å². The van der Waals surface area contributed by atoms with Gasteiger partial charge in [0.25, 0.3) is 10.0 Å². The predicted octanol–water partition coefficient (Wildman–Crippen LogP) is 2.34. The van der Waals surface area contributed by atoms with E-state index in [1.807, 2.05) is 0 Å². The van der Waals surface area contributed by atoms with Crippen LogP contribution in [0.2, 0.25) is 0 Å². The highest BCUT2D eigenvalue weighted by Gasteiger charge is 2.25. The van der Waals surface area contributed by atoms with Crippen molar-refractivity contribution in [1.82, 2.24) is 0 Å². The summed E-state index contributed by atoms with van der Waals surface area (Å²) in [7, 11) is -7.46. The standard InChI is InChI=1S/C16H17FN2O4S2/c1-24(20,21)19-10-4-5-12-11-13(8-9-15(12)19)18-25(22,23)16-7-3-2-6-14(16)17/h2-3,6-9,11,18H,4-5,10H2,1H3. The predicted molar refractivity (Wildman–Crippen MR) is 94.2 cm³/mol. The van der Waals surface area contributed by atoms with Crippen molar-refractivity contribution < 1.29 is 21.2 Å². The first-order chi connectivity index (χ1) is 11.7. The Kier molecular flexibility index (Phi) is 4.46. The Balaban J connectivity index is 1.95.